The van der Waals surface area contributed by atoms with Crippen molar-refractivity contribution in [1.82, 2.24) is 10.2 Å². The number of amides is 3. The summed E-state index contributed by atoms with van der Waals surface area (Å²) >= 11 is 0. The number of nitrogens with one attached hydrogen (secondary N) is 2. The van der Waals surface area contributed by atoms with Gasteiger partial charge in [0, 0.05) is 25.3 Å². The third kappa shape index (κ3) is 4.83. The summed E-state index contributed by atoms with van der Waals surface area (Å²) in [5.74, 6) is -2.40. The van der Waals surface area contributed by atoms with Gasteiger partial charge >= 0.3 is 12.2 Å². The van der Waals surface area contributed by atoms with Gasteiger partial charge in [0.15, 0.2) is 0 Å². The lowest BCUT2D eigenvalue weighted by Crippen LogP contribution is -2.47. The SMILES string of the molecule is CCNC(=O)N1CCCC(C(=O)Nc2ccc(C(F)(F)F)c(F)c2)C1. The van der Waals surface area contributed by atoms with Crippen LogP contribution >= 0.6 is 0 Å². The first-order chi connectivity index (χ1) is 11.7. The molecule has 2 N–H and O–H groups in total. The summed E-state index contributed by atoms with van der Waals surface area (Å²) < 4.78 is 51.2. The maximum atomic E-state index is 13.6. The van der Waals surface area contributed by atoms with Gasteiger partial charge in [-0.05, 0) is 38.0 Å². The molecule has 1 aliphatic rings. The van der Waals surface area contributed by atoms with Crippen molar-refractivity contribution in [2.75, 3.05) is 25.0 Å². The van der Waals surface area contributed by atoms with Crippen molar-refractivity contribution in [2.24, 2.45) is 5.92 Å². The Labute approximate surface area is 142 Å². The van der Waals surface area contributed by atoms with Gasteiger partial charge in [0.05, 0.1) is 11.5 Å². The molecule has 1 aromatic carbocycles. The molecular formula is C16H19F4N3O2. The molecular weight excluding hydrogens is 342 g/mol. The van der Waals surface area contributed by atoms with Gasteiger partial charge in [-0.25, -0.2) is 9.18 Å². The van der Waals surface area contributed by atoms with Gasteiger partial charge in [-0.15, -0.1) is 0 Å². The first-order valence-corrected chi connectivity index (χ1v) is 7.92. The number of rotatable bonds is 3. The zero-order valence-electron chi connectivity index (χ0n) is 13.6. The number of benzene rings is 1. The molecule has 1 saturated heterocycles. The van der Waals surface area contributed by atoms with Crippen molar-refractivity contribution < 1.29 is 27.2 Å². The smallest absolute Gasteiger partial charge is 0.338 e. The van der Waals surface area contributed by atoms with Crippen LogP contribution in [0.1, 0.15) is 25.3 Å². The summed E-state index contributed by atoms with van der Waals surface area (Å²) in [4.78, 5) is 25.6. The van der Waals surface area contributed by atoms with Gasteiger partial charge < -0.3 is 15.5 Å². The largest absolute Gasteiger partial charge is 0.419 e. The van der Waals surface area contributed by atoms with Crippen LogP contribution in [0.25, 0.3) is 0 Å². The fourth-order valence-electron chi connectivity index (χ4n) is 2.71. The minimum Gasteiger partial charge on any atom is -0.338 e. The maximum Gasteiger partial charge on any atom is 0.419 e. The molecule has 0 spiro atoms. The highest BCUT2D eigenvalue weighted by Gasteiger charge is 2.34. The Kier molecular flexibility index (Phi) is 5.86. The molecule has 1 atom stereocenters. The molecule has 1 unspecified atom stereocenters. The Morgan fingerprint density at radius 1 is 1.32 bits per heavy atom. The molecule has 0 saturated carbocycles. The quantitative estimate of drug-likeness (QED) is 0.812. The van der Waals surface area contributed by atoms with Crippen LogP contribution in [0, 0.1) is 11.7 Å². The number of likely N-dealkylation sites (tertiary alicyclic amines) is 1. The third-order valence-corrected chi connectivity index (χ3v) is 3.95. The Balaban J connectivity index is 2.02. The van der Waals surface area contributed by atoms with E-state index in [2.05, 4.69) is 10.6 Å². The predicted octanol–water partition coefficient (Wildman–Crippen LogP) is 3.22. The van der Waals surface area contributed by atoms with Gasteiger partial charge in [0.1, 0.15) is 5.82 Å². The van der Waals surface area contributed by atoms with Crippen LogP contribution in [0.3, 0.4) is 0 Å². The molecule has 25 heavy (non-hydrogen) atoms. The third-order valence-electron chi connectivity index (χ3n) is 3.95. The van der Waals surface area contributed by atoms with Crippen molar-refractivity contribution in [1.29, 1.82) is 0 Å². The van der Waals surface area contributed by atoms with E-state index in [-0.39, 0.29) is 18.3 Å². The van der Waals surface area contributed by atoms with Crippen molar-refractivity contribution in [3.63, 3.8) is 0 Å². The lowest BCUT2D eigenvalue weighted by atomic mass is 9.97. The van der Waals surface area contributed by atoms with Crippen LogP contribution < -0.4 is 10.6 Å². The summed E-state index contributed by atoms with van der Waals surface area (Å²) in [5.41, 5.74) is -1.43. The van der Waals surface area contributed by atoms with E-state index in [1.807, 2.05) is 0 Å². The number of carbonyl (C=O) groups is 2. The molecule has 138 valence electrons. The monoisotopic (exact) mass is 361 g/mol. The van der Waals surface area contributed by atoms with Crippen LogP contribution in [0.5, 0.6) is 0 Å². The number of urea groups is 1. The zero-order valence-corrected chi connectivity index (χ0v) is 13.6. The second-order valence-corrected chi connectivity index (χ2v) is 5.80. The second kappa shape index (κ2) is 7.71. The van der Waals surface area contributed by atoms with E-state index in [4.69, 9.17) is 0 Å². The normalized spacial score (nSPS) is 18.0. The minimum atomic E-state index is -4.79. The number of halogens is 4. The van der Waals surface area contributed by atoms with E-state index in [0.29, 0.717) is 38.1 Å². The Morgan fingerprint density at radius 2 is 2.04 bits per heavy atom. The molecule has 3 amide bonds. The zero-order chi connectivity index (χ0) is 18.6. The van der Waals surface area contributed by atoms with Crippen molar-refractivity contribution >= 4 is 17.6 Å². The summed E-state index contributed by atoms with van der Waals surface area (Å²) in [6.07, 6.45) is -3.61. The van der Waals surface area contributed by atoms with Crippen LogP contribution in [0.2, 0.25) is 0 Å². The molecule has 1 aromatic rings. The number of hydrogen-bond donors (Lipinski definition) is 2. The number of hydrogen-bond acceptors (Lipinski definition) is 2. The molecule has 0 radical (unpaired) electrons. The van der Waals surface area contributed by atoms with Crippen molar-refractivity contribution in [3.05, 3.63) is 29.6 Å². The summed E-state index contributed by atoms with van der Waals surface area (Å²) in [5, 5.41) is 5.07. The van der Waals surface area contributed by atoms with E-state index in [9.17, 15) is 27.2 Å². The van der Waals surface area contributed by atoms with E-state index in [1.54, 1.807) is 6.92 Å². The topological polar surface area (TPSA) is 61.4 Å². The molecule has 1 aliphatic heterocycles. The molecule has 2 rings (SSSR count). The molecule has 1 heterocycles. The Hall–Kier alpha value is -2.32. The molecule has 0 aromatic heterocycles. The summed E-state index contributed by atoms with van der Waals surface area (Å²) in [6, 6.07) is 1.98. The highest BCUT2D eigenvalue weighted by molar-refractivity contribution is 5.93. The highest BCUT2D eigenvalue weighted by Crippen LogP contribution is 2.32. The van der Waals surface area contributed by atoms with E-state index in [1.165, 1.54) is 4.90 Å². The fourth-order valence-corrected chi connectivity index (χ4v) is 2.71. The summed E-state index contributed by atoms with van der Waals surface area (Å²) in [7, 11) is 0. The number of nitrogens with zero attached hydrogens (tertiary/aromatic N) is 1. The first kappa shape index (κ1) is 19.0. The van der Waals surface area contributed by atoms with Crippen molar-refractivity contribution in [3.8, 4) is 0 Å². The van der Waals surface area contributed by atoms with E-state index < -0.39 is 29.4 Å². The molecule has 1 fully saturated rings. The standard InChI is InChI=1S/C16H19F4N3O2/c1-2-21-15(25)23-7-3-4-10(9-23)14(24)22-11-5-6-12(13(17)8-11)16(18,19)20/h5-6,8,10H,2-4,7,9H2,1H3,(H,21,25)(H,22,24). The second-order valence-electron chi connectivity index (χ2n) is 5.80. The summed E-state index contributed by atoms with van der Waals surface area (Å²) in [6.45, 7) is 2.99. The van der Waals surface area contributed by atoms with Gasteiger partial charge in [-0.2, -0.15) is 13.2 Å². The van der Waals surface area contributed by atoms with Gasteiger partial charge in [0.25, 0.3) is 0 Å². The number of anilines is 1. The maximum absolute atomic E-state index is 13.6. The fraction of sp³-hybridized carbons (Fsp3) is 0.500. The average molecular weight is 361 g/mol. The van der Waals surface area contributed by atoms with Gasteiger partial charge in [-0.3, -0.25) is 4.79 Å². The molecule has 0 bridgehead atoms. The minimum absolute atomic E-state index is 0.0503. The molecule has 5 nitrogen and oxygen atoms in total. The Morgan fingerprint density at radius 3 is 2.64 bits per heavy atom. The first-order valence-electron chi connectivity index (χ1n) is 7.92. The van der Waals surface area contributed by atoms with Crippen LogP contribution in [-0.2, 0) is 11.0 Å². The van der Waals surface area contributed by atoms with Crippen LogP contribution in [-0.4, -0.2) is 36.5 Å². The van der Waals surface area contributed by atoms with E-state index in [0.717, 1.165) is 6.07 Å². The average Bonchev–Trinajstić information content (AvgIpc) is 2.54. The van der Waals surface area contributed by atoms with Crippen molar-refractivity contribution in [2.45, 2.75) is 25.9 Å². The number of piperidine rings is 1. The number of alkyl halides is 3. The Bertz CT molecular complexity index is 649. The number of carbonyl (C=O) groups excluding carboxylic acids is 2. The van der Waals surface area contributed by atoms with Crippen LogP contribution in [0.4, 0.5) is 28.0 Å². The van der Waals surface area contributed by atoms with Gasteiger partial charge in [-0.1, -0.05) is 0 Å². The lowest BCUT2D eigenvalue weighted by Gasteiger charge is -2.32. The van der Waals surface area contributed by atoms with E-state index >= 15 is 0 Å². The lowest BCUT2D eigenvalue weighted by molar-refractivity contribution is -0.140. The molecule has 0 aliphatic carbocycles. The highest BCUT2D eigenvalue weighted by atomic mass is 19.4. The van der Waals surface area contributed by atoms with Gasteiger partial charge in [0.2, 0.25) is 5.91 Å². The molecule has 9 heteroatoms. The van der Waals surface area contributed by atoms with Crippen LogP contribution in [0.15, 0.2) is 18.2 Å². The predicted molar refractivity (Wildman–Crippen MR) is 83.4 cm³/mol.